The number of aromatic nitrogens is 2. The lowest BCUT2D eigenvalue weighted by molar-refractivity contribution is -0.140. The highest BCUT2D eigenvalue weighted by atomic mass is 16.2. The Kier molecular flexibility index (Phi) is 6.98. The van der Waals surface area contributed by atoms with E-state index in [0.717, 1.165) is 23.1 Å². The first-order valence-corrected chi connectivity index (χ1v) is 11.3. The van der Waals surface area contributed by atoms with E-state index in [-0.39, 0.29) is 11.8 Å². The lowest BCUT2D eigenvalue weighted by Crippen LogP contribution is -2.59. The van der Waals surface area contributed by atoms with Crippen molar-refractivity contribution < 1.29 is 9.59 Å². The maximum Gasteiger partial charge on any atom is 0.254 e. The van der Waals surface area contributed by atoms with Crippen molar-refractivity contribution in [2.45, 2.75) is 25.8 Å². The molecule has 7 nitrogen and oxygen atoms in total. The number of carbonyl (C=O) groups is 2. The van der Waals surface area contributed by atoms with E-state index in [9.17, 15) is 9.59 Å². The Balaban J connectivity index is 1.63. The number of nitrogens with zero attached hydrogens (tertiary/aromatic N) is 4. The second kappa shape index (κ2) is 10.3. The van der Waals surface area contributed by atoms with Crippen LogP contribution in [0.1, 0.15) is 29.3 Å². The molecule has 1 aromatic carbocycles. The molecule has 1 fully saturated rings. The summed E-state index contributed by atoms with van der Waals surface area (Å²) < 4.78 is 0. The summed E-state index contributed by atoms with van der Waals surface area (Å²) in [5.41, 5.74) is 3.68. The SMILES string of the molecule is CCCN1CCN(C(=O)c2ccnc(NC)c2)C(Cc2cccc(-c3ccncc3)c2)C1=O. The third kappa shape index (κ3) is 5.03. The van der Waals surface area contributed by atoms with E-state index in [2.05, 4.69) is 28.3 Å². The van der Waals surface area contributed by atoms with Gasteiger partial charge in [-0.25, -0.2) is 4.98 Å². The number of carbonyl (C=O) groups excluding carboxylic acids is 2. The van der Waals surface area contributed by atoms with Crippen molar-refractivity contribution in [2.24, 2.45) is 0 Å². The van der Waals surface area contributed by atoms with Gasteiger partial charge >= 0.3 is 0 Å². The third-order valence-corrected chi connectivity index (χ3v) is 5.97. The van der Waals surface area contributed by atoms with Gasteiger partial charge in [0, 0.05) is 57.3 Å². The predicted octanol–water partition coefficient (Wildman–Crippen LogP) is 3.49. The number of amides is 2. The molecule has 2 aromatic heterocycles. The number of hydrogen-bond acceptors (Lipinski definition) is 5. The first-order valence-electron chi connectivity index (χ1n) is 11.3. The molecule has 1 aliphatic rings. The van der Waals surface area contributed by atoms with Gasteiger partial charge in [-0.1, -0.05) is 31.2 Å². The van der Waals surface area contributed by atoms with Crippen LogP contribution in [0.2, 0.25) is 0 Å². The molecule has 1 N–H and O–H groups in total. The summed E-state index contributed by atoms with van der Waals surface area (Å²) in [4.78, 5) is 38.8. The molecule has 7 heteroatoms. The highest BCUT2D eigenvalue weighted by molar-refractivity contribution is 5.98. The van der Waals surface area contributed by atoms with E-state index in [4.69, 9.17) is 0 Å². The quantitative estimate of drug-likeness (QED) is 0.605. The Labute approximate surface area is 194 Å². The lowest BCUT2D eigenvalue weighted by atomic mass is 9.97. The highest BCUT2D eigenvalue weighted by Crippen LogP contribution is 2.24. The first kappa shape index (κ1) is 22.5. The molecule has 1 saturated heterocycles. The van der Waals surface area contributed by atoms with Gasteiger partial charge in [0.1, 0.15) is 11.9 Å². The number of anilines is 1. The van der Waals surface area contributed by atoms with E-state index < -0.39 is 6.04 Å². The Morgan fingerprint density at radius 3 is 2.64 bits per heavy atom. The van der Waals surface area contributed by atoms with Crippen LogP contribution >= 0.6 is 0 Å². The van der Waals surface area contributed by atoms with Crippen LogP contribution in [0.4, 0.5) is 5.82 Å². The van der Waals surface area contributed by atoms with Crippen molar-refractivity contribution >= 4 is 17.6 Å². The number of benzene rings is 1. The van der Waals surface area contributed by atoms with Crippen LogP contribution < -0.4 is 5.32 Å². The fourth-order valence-corrected chi connectivity index (χ4v) is 4.28. The van der Waals surface area contributed by atoms with Crippen LogP contribution in [0.25, 0.3) is 11.1 Å². The highest BCUT2D eigenvalue weighted by Gasteiger charge is 2.37. The number of piperazine rings is 1. The lowest BCUT2D eigenvalue weighted by Gasteiger charge is -2.41. The molecule has 4 rings (SSSR count). The van der Waals surface area contributed by atoms with Gasteiger partial charge in [-0.2, -0.15) is 0 Å². The minimum absolute atomic E-state index is 0.00802. The van der Waals surface area contributed by atoms with Gasteiger partial charge in [0.25, 0.3) is 5.91 Å². The predicted molar refractivity (Wildman–Crippen MR) is 129 cm³/mol. The van der Waals surface area contributed by atoms with Gasteiger partial charge < -0.3 is 15.1 Å². The summed E-state index contributed by atoms with van der Waals surface area (Å²) in [5.74, 6) is 0.487. The molecule has 2 amide bonds. The third-order valence-electron chi connectivity index (χ3n) is 5.97. The fraction of sp³-hybridized carbons (Fsp3) is 0.308. The maximum absolute atomic E-state index is 13.5. The Morgan fingerprint density at radius 1 is 1.06 bits per heavy atom. The van der Waals surface area contributed by atoms with E-state index in [0.29, 0.717) is 37.4 Å². The average molecular weight is 444 g/mol. The second-order valence-corrected chi connectivity index (χ2v) is 8.16. The zero-order valence-electron chi connectivity index (χ0n) is 19.1. The maximum atomic E-state index is 13.5. The van der Waals surface area contributed by atoms with Gasteiger partial charge in [-0.3, -0.25) is 14.6 Å². The van der Waals surface area contributed by atoms with Crippen molar-refractivity contribution in [3.63, 3.8) is 0 Å². The molecule has 1 unspecified atom stereocenters. The average Bonchev–Trinajstić information content (AvgIpc) is 2.87. The van der Waals surface area contributed by atoms with Gasteiger partial charge in [-0.05, 0) is 47.4 Å². The van der Waals surface area contributed by atoms with Crippen LogP contribution in [0.3, 0.4) is 0 Å². The van der Waals surface area contributed by atoms with E-state index >= 15 is 0 Å². The van der Waals surface area contributed by atoms with Crippen molar-refractivity contribution in [3.05, 3.63) is 78.2 Å². The fourth-order valence-electron chi connectivity index (χ4n) is 4.28. The Bertz CT molecular complexity index is 1120. The summed E-state index contributed by atoms with van der Waals surface area (Å²) in [6.07, 6.45) is 6.50. The summed E-state index contributed by atoms with van der Waals surface area (Å²) in [6.45, 7) is 3.83. The van der Waals surface area contributed by atoms with Gasteiger partial charge in [0.15, 0.2) is 0 Å². The Morgan fingerprint density at radius 2 is 1.88 bits per heavy atom. The molecule has 0 radical (unpaired) electrons. The van der Waals surface area contributed by atoms with Gasteiger partial charge in [0.2, 0.25) is 5.91 Å². The van der Waals surface area contributed by atoms with Crippen LogP contribution in [0.5, 0.6) is 0 Å². The molecule has 1 aliphatic heterocycles. The normalized spacial score (nSPS) is 16.1. The number of pyridine rings is 2. The minimum atomic E-state index is -0.545. The van der Waals surface area contributed by atoms with Gasteiger partial charge in [0.05, 0.1) is 0 Å². The van der Waals surface area contributed by atoms with E-state index in [1.54, 1.807) is 42.7 Å². The molecule has 3 aromatic rings. The van der Waals surface area contributed by atoms with Gasteiger partial charge in [-0.15, -0.1) is 0 Å². The van der Waals surface area contributed by atoms with Crippen LogP contribution in [-0.2, 0) is 11.2 Å². The molecule has 1 atom stereocenters. The smallest absolute Gasteiger partial charge is 0.254 e. The summed E-state index contributed by atoms with van der Waals surface area (Å²) in [5, 5.41) is 2.97. The molecule has 170 valence electrons. The van der Waals surface area contributed by atoms with E-state index in [1.165, 1.54) is 0 Å². The van der Waals surface area contributed by atoms with Crippen LogP contribution in [-0.4, -0.2) is 64.3 Å². The van der Waals surface area contributed by atoms with Crippen LogP contribution in [0, 0.1) is 0 Å². The van der Waals surface area contributed by atoms with Crippen molar-refractivity contribution in [3.8, 4) is 11.1 Å². The van der Waals surface area contributed by atoms with Crippen molar-refractivity contribution in [2.75, 3.05) is 32.0 Å². The summed E-state index contributed by atoms with van der Waals surface area (Å²) >= 11 is 0. The zero-order valence-corrected chi connectivity index (χ0v) is 19.1. The monoisotopic (exact) mass is 443 g/mol. The molecular weight excluding hydrogens is 414 g/mol. The summed E-state index contributed by atoms with van der Waals surface area (Å²) in [6, 6.07) is 15.0. The van der Waals surface area contributed by atoms with Crippen molar-refractivity contribution in [1.82, 2.24) is 19.8 Å². The van der Waals surface area contributed by atoms with Crippen LogP contribution in [0.15, 0.2) is 67.1 Å². The number of hydrogen-bond donors (Lipinski definition) is 1. The summed E-state index contributed by atoms with van der Waals surface area (Å²) in [7, 11) is 1.77. The largest absolute Gasteiger partial charge is 0.373 e. The molecule has 33 heavy (non-hydrogen) atoms. The zero-order chi connectivity index (χ0) is 23.2. The molecule has 0 saturated carbocycles. The van der Waals surface area contributed by atoms with E-state index in [1.807, 2.05) is 35.2 Å². The molecular formula is C26H29N5O2. The number of nitrogens with one attached hydrogen (secondary N) is 1. The first-order chi connectivity index (χ1) is 16.1. The Hall–Kier alpha value is -3.74. The topological polar surface area (TPSA) is 78.4 Å². The second-order valence-electron chi connectivity index (χ2n) is 8.16. The standard InChI is InChI=1S/C26H29N5O2/c1-3-13-30-14-15-31(25(32)22-9-12-29-24(18-22)27-2)23(26(30)33)17-19-5-4-6-21(16-19)20-7-10-28-11-8-20/h4-12,16,18,23H,3,13-15,17H2,1-2H3,(H,27,29). The molecule has 0 spiro atoms. The minimum Gasteiger partial charge on any atom is -0.373 e. The van der Waals surface area contributed by atoms with Crippen molar-refractivity contribution in [1.29, 1.82) is 0 Å². The molecule has 0 aliphatic carbocycles. The molecule has 0 bridgehead atoms. The molecule has 3 heterocycles. The number of rotatable bonds is 7.